The minimum atomic E-state index is 0.0856. The molecule has 3 heteroatoms. The first-order valence-electron chi connectivity index (χ1n) is 1.40. The van der Waals surface area contributed by atoms with E-state index < -0.39 is 0 Å². The van der Waals surface area contributed by atoms with Gasteiger partial charge in [0.1, 0.15) is 0 Å². The van der Waals surface area contributed by atoms with Crippen LogP contribution < -0.4 is 0 Å². The summed E-state index contributed by atoms with van der Waals surface area (Å²) in [5.41, 5.74) is 0. The summed E-state index contributed by atoms with van der Waals surface area (Å²) >= 11 is 9.35. The van der Waals surface area contributed by atoms with Gasteiger partial charge in [-0.25, -0.2) is 0 Å². The standard InChI is InChI=1S/C3H6S3/c1-2-6-3(4)5/h2-5H,1H2. The van der Waals surface area contributed by atoms with Crippen LogP contribution in [0.1, 0.15) is 0 Å². The third-order valence-electron chi connectivity index (χ3n) is 0.218. The maximum atomic E-state index is 3.93. The van der Waals surface area contributed by atoms with E-state index in [1.807, 2.05) is 0 Å². The molecule has 6 heavy (non-hydrogen) atoms. The molecule has 0 fully saturated rings. The van der Waals surface area contributed by atoms with Crippen molar-refractivity contribution in [2.75, 3.05) is 0 Å². The molecule has 0 aliphatic heterocycles. The highest BCUT2D eigenvalue weighted by Crippen LogP contribution is 2.17. The molecule has 0 aromatic rings. The van der Waals surface area contributed by atoms with Gasteiger partial charge in [-0.15, -0.1) is 11.8 Å². The van der Waals surface area contributed by atoms with Gasteiger partial charge in [-0.2, -0.15) is 25.3 Å². The fraction of sp³-hybridized carbons (Fsp3) is 0.333. The number of thiol groups is 2. The van der Waals surface area contributed by atoms with Crippen LogP contribution in [0, 0.1) is 0 Å². The van der Waals surface area contributed by atoms with Crippen molar-refractivity contribution in [1.29, 1.82) is 0 Å². The molecule has 0 aromatic heterocycles. The lowest BCUT2D eigenvalue weighted by molar-refractivity contribution is 2.14. The predicted molar refractivity (Wildman–Crippen MR) is 39.5 cm³/mol. The van der Waals surface area contributed by atoms with E-state index >= 15 is 0 Å². The first kappa shape index (κ1) is 6.79. The zero-order valence-corrected chi connectivity index (χ0v) is 5.77. The summed E-state index contributed by atoms with van der Waals surface area (Å²) in [7, 11) is 0. The minimum Gasteiger partial charge on any atom is -0.154 e. The predicted octanol–water partition coefficient (Wildman–Crippen LogP) is 2.01. The highest BCUT2D eigenvalue weighted by atomic mass is 32.2. The average molecular weight is 138 g/mol. The molecular formula is C3H6S3. The number of thioether (sulfide) groups is 1. The van der Waals surface area contributed by atoms with Crippen molar-refractivity contribution in [2.45, 2.75) is 3.91 Å². The molecule has 0 unspecified atom stereocenters. The molecule has 0 atom stereocenters. The molecule has 0 rings (SSSR count). The molecule has 0 saturated carbocycles. The van der Waals surface area contributed by atoms with Crippen molar-refractivity contribution in [1.82, 2.24) is 0 Å². The molecule has 0 saturated heterocycles. The summed E-state index contributed by atoms with van der Waals surface area (Å²) in [4.78, 5) is 0. The highest BCUT2D eigenvalue weighted by molar-refractivity contribution is 8.23. The van der Waals surface area contributed by atoms with E-state index in [9.17, 15) is 0 Å². The molecule has 0 bridgehead atoms. The quantitative estimate of drug-likeness (QED) is 0.435. The van der Waals surface area contributed by atoms with E-state index in [1.54, 1.807) is 5.41 Å². The lowest BCUT2D eigenvalue weighted by atomic mass is 11.3. The molecule has 0 spiro atoms. The minimum absolute atomic E-state index is 0.0856. The lowest BCUT2D eigenvalue weighted by Crippen LogP contribution is -1.67. The van der Waals surface area contributed by atoms with Crippen molar-refractivity contribution in [3.8, 4) is 0 Å². The average Bonchev–Trinajstić information content (AvgIpc) is 1.35. The molecule has 0 radical (unpaired) electrons. The fourth-order valence-electron chi connectivity index (χ4n) is 0.0861. The maximum absolute atomic E-state index is 3.93. The fourth-order valence-corrected chi connectivity index (χ4v) is 0.775. The van der Waals surface area contributed by atoms with Crippen LogP contribution in [0.15, 0.2) is 12.0 Å². The maximum Gasteiger partial charge on any atom is 0.0939 e. The second-order valence-electron chi connectivity index (χ2n) is 0.629. The van der Waals surface area contributed by atoms with E-state index in [-0.39, 0.29) is 3.91 Å². The molecule has 0 nitrogen and oxygen atoms in total. The van der Waals surface area contributed by atoms with Gasteiger partial charge >= 0.3 is 0 Å². The first-order valence-corrected chi connectivity index (χ1v) is 3.37. The van der Waals surface area contributed by atoms with Gasteiger partial charge in [-0.1, -0.05) is 6.58 Å². The summed E-state index contributed by atoms with van der Waals surface area (Å²) in [5, 5.41) is 1.71. The van der Waals surface area contributed by atoms with E-state index in [1.165, 1.54) is 11.8 Å². The monoisotopic (exact) mass is 138 g/mol. The molecule has 0 amide bonds. The first-order chi connectivity index (χ1) is 2.77. The van der Waals surface area contributed by atoms with Crippen LogP contribution in [0.3, 0.4) is 0 Å². The summed E-state index contributed by atoms with van der Waals surface area (Å²) in [6.45, 7) is 3.47. The van der Waals surface area contributed by atoms with Gasteiger partial charge in [0.15, 0.2) is 0 Å². The molecule has 0 aromatic carbocycles. The van der Waals surface area contributed by atoms with Gasteiger partial charge < -0.3 is 0 Å². The topological polar surface area (TPSA) is 0 Å². The SMILES string of the molecule is C=CSC(S)S. The van der Waals surface area contributed by atoms with Crippen molar-refractivity contribution >= 4 is 37.0 Å². The highest BCUT2D eigenvalue weighted by Gasteiger charge is 1.85. The Morgan fingerprint density at radius 1 is 1.67 bits per heavy atom. The zero-order valence-electron chi connectivity index (χ0n) is 3.16. The third-order valence-corrected chi connectivity index (χ3v) is 1.38. The number of hydrogen-bond donors (Lipinski definition) is 2. The summed E-state index contributed by atoms with van der Waals surface area (Å²) in [6, 6.07) is 0. The van der Waals surface area contributed by atoms with Crippen LogP contribution in [0.2, 0.25) is 0 Å². The van der Waals surface area contributed by atoms with Crippen LogP contribution in [0.25, 0.3) is 0 Å². The largest absolute Gasteiger partial charge is 0.154 e. The van der Waals surface area contributed by atoms with Gasteiger partial charge in [0.05, 0.1) is 3.91 Å². The van der Waals surface area contributed by atoms with Crippen molar-refractivity contribution < 1.29 is 0 Å². The Labute approximate surface area is 53.2 Å². The molecule has 0 heterocycles. The Morgan fingerprint density at radius 2 is 2.17 bits per heavy atom. The molecule has 0 N–H and O–H groups in total. The Kier molecular flexibility index (Phi) is 4.48. The van der Waals surface area contributed by atoms with Crippen LogP contribution in [-0.4, -0.2) is 3.91 Å². The zero-order chi connectivity index (χ0) is 4.99. The Balaban J connectivity index is 2.81. The molecule has 0 aliphatic carbocycles. The Bertz CT molecular complexity index is 41.3. The van der Waals surface area contributed by atoms with Gasteiger partial charge in [-0.3, -0.25) is 0 Å². The van der Waals surface area contributed by atoms with Crippen LogP contribution >= 0.6 is 37.0 Å². The lowest BCUT2D eigenvalue weighted by Gasteiger charge is -1.90. The molecule has 0 aliphatic rings. The molecule has 36 valence electrons. The molecular weight excluding hydrogens is 132 g/mol. The third kappa shape index (κ3) is 4.79. The van der Waals surface area contributed by atoms with Gasteiger partial charge in [-0.05, 0) is 5.41 Å². The van der Waals surface area contributed by atoms with E-state index in [0.717, 1.165) is 0 Å². The van der Waals surface area contributed by atoms with Gasteiger partial charge in [0, 0.05) is 0 Å². The summed E-state index contributed by atoms with van der Waals surface area (Å²) < 4.78 is 0.0856. The van der Waals surface area contributed by atoms with Gasteiger partial charge in [0.2, 0.25) is 0 Å². The number of rotatable bonds is 2. The smallest absolute Gasteiger partial charge is 0.0939 e. The summed E-state index contributed by atoms with van der Waals surface area (Å²) in [6.07, 6.45) is 0. The van der Waals surface area contributed by atoms with E-state index in [0.29, 0.717) is 0 Å². The van der Waals surface area contributed by atoms with Crippen LogP contribution in [0.4, 0.5) is 0 Å². The Hall–Kier alpha value is 0.790. The second-order valence-corrected chi connectivity index (χ2v) is 3.84. The van der Waals surface area contributed by atoms with E-state index in [4.69, 9.17) is 0 Å². The van der Waals surface area contributed by atoms with Crippen molar-refractivity contribution in [2.24, 2.45) is 0 Å². The van der Waals surface area contributed by atoms with Crippen LogP contribution in [-0.2, 0) is 0 Å². The Morgan fingerprint density at radius 3 is 2.17 bits per heavy atom. The normalized spacial score (nSPS) is 9.17. The van der Waals surface area contributed by atoms with E-state index in [2.05, 4.69) is 31.8 Å². The second kappa shape index (κ2) is 3.96. The number of hydrogen-bond acceptors (Lipinski definition) is 3. The summed E-state index contributed by atoms with van der Waals surface area (Å²) in [5.74, 6) is 0. The van der Waals surface area contributed by atoms with Crippen LogP contribution in [0.5, 0.6) is 0 Å². The van der Waals surface area contributed by atoms with Crippen molar-refractivity contribution in [3.63, 3.8) is 0 Å². The van der Waals surface area contributed by atoms with Crippen molar-refractivity contribution in [3.05, 3.63) is 12.0 Å². The van der Waals surface area contributed by atoms with Gasteiger partial charge in [0.25, 0.3) is 0 Å².